The van der Waals surface area contributed by atoms with Gasteiger partial charge >= 0.3 is 0 Å². The van der Waals surface area contributed by atoms with Gasteiger partial charge in [0.1, 0.15) is 5.75 Å². The molecule has 0 radical (unpaired) electrons. The van der Waals surface area contributed by atoms with Gasteiger partial charge < -0.3 is 14.8 Å². The maximum absolute atomic E-state index is 5.78. The van der Waals surface area contributed by atoms with Crippen molar-refractivity contribution in [3.63, 3.8) is 0 Å². The smallest absolute Gasteiger partial charge is 0.123 e. The molecule has 3 atom stereocenters. The fourth-order valence-corrected chi connectivity index (χ4v) is 3.49. The van der Waals surface area contributed by atoms with Crippen molar-refractivity contribution in [3.05, 3.63) is 29.3 Å². The van der Waals surface area contributed by atoms with Crippen LogP contribution in [-0.4, -0.2) is 26.4 Å². The number of nitrogens with one attached hydrogen (secondary N) is 1. The summed E-state index contributed by atoms with van der Waals surface area (Å²) in [5.41, 5.74) is 2.80. The third kappa shape index (κ3) is 2.33. The van der Waals surface area contributed by atoms with Crippen molar-refractivity contribution in [3.8, 4) is 5.75 Å². The molecule has 1 aromatic carbocycles. The maximum atomic E-state index is 5.78. The Morgan fingerprint density at radius 2 is 2.15 bits per heavy atom. The average Bonchev–Trinajstić information content (AvgIpc) is 2.96. The molecular formula is C17H25NO2. The molecule has 0 aromatic heterocycles. The largest absolute Gasteiger partial charge is 0.492 e. The van der Waals surface area contributed by atoms with Crippen molar-refractivity contribution >= 4 is 0 Å². The SMILES string of the molecule is CNC(c1ccc2c(c1)C(C)(C)CO2)C1COC(C)C1. The van der Waals surface area contributed by atoms with Gasteiger partial charge in [-0.05, 0) is 38.1 Å². The van der Waals surface area contributed by atoms with Gasteiger partial charge in [0.15, 0.2) is 0 Å². The lowest BCUT2D eigenvalue weighted by Crippen LogP contribution is -2.26. The van der Waals surface area contributed by atoms with Gasteiger partial charge in [-0.1, -0.05) is 19.9 Å². The summed E-state index contributed by atoms with van der Waals surface area (Å²) in [6, 6.07) is 7.02. The molecule has 0 aliphatic carbocycles. The van der Waals surface area contributed by atoms with Gasteiger partial charge in [-0.3, -0.25) is 0 Å². The zero-order valence-electron chi connectivity index (χ0n) is 12.9. The zero-order chi connectivity index (χ0) is 14.3. The summed E-state index contributed by atoms with van der Waals surface area (Å²) in [6.07, 6.45) is 1.51. The molecule has 1 aromatic rings. The normalized spacial score (nSPS) is 29.0. The van der Waals surface area contributed by atoms with E-state index in [1.54, 1.807) is 0 Å². The van der Waals surface area contributed by atoms with E-state index >= 15 is 0 Å². The maximum Gasteiger partial charge on any atom is 0.123 e. The highest BCUT2D eigenvalue weighted by Crippen LogP contribution is 2.41. The van der Waals surface area contributed by atoms with E-state index in [0.29, 0.717) is 18.1 Å². The standard InChI is InChI=1S/C17H25NO2/c1-11-7-13(9-19-11)16(18-4)12-5-6-15-14(8-12)17(2,3)10-20-15/h5-6,8,11,13,16,18H,7,9-10H2,1-4H3. The number of rotatable bonds is 3. The van der Waals surface area contributed by atoms with E-state index in [9.17, 15) is 0 Å². The van der Waals surface area contributed by atoms with Crippen LogP contribution >= 0.6 is 0 Å². The van der Waals surface area contributed by atoms with Gasteiger partial charge in [-0.15, -0.1) is 0 Å². The molecule has 3 unspecified atom stereocenters. The molecule has 1 fully saturated rings. The average molecular weight is 275 g/mol. The van der Waals surface area contributed by atoms with Crippen LogP contribution in [0.5, 0.6) is 5.75 Å². The molecule has 0 bridgehead atoms. The van der Waals surface area contributed by atoms with Gasteiger partial charge in [0.2, 0.25) is 0 Å². The second kappa shape index (κ2) is 5.05. The molecule has 20 heavy (non-hydrogen) atoms. The predicted octanol–water partition coefficient (Wildman–Crippen LogP) is 3.04. The monoisotopic (exact) mass is 275 g/mol. The number of benzene rings is 1. The predicted molar refractivity (Wildman–Crippen MR) is 80.3 cm³/mol. The Morgan fingerprint density at radius 3 is 2.80 bits per heavy atom. The van der Waals surface area contributed by atoms with Gasteiger partial charge in [-0.2, -0.15) is 0 Å². The van der Waals surface area contributed by atoms with Crippen molar-refractivity contribution in [2.45, 2.75) is 44.8 Å². The first-order valence-electron chi connectivity index (χ1n) is 7.57. The summed E-state index contributed by atoms with van der Waals surface area (Å²) in [4.78, 5) is 0. The quantitative estimate of drug-likeness (QED) is 0.919. The Hall–Kier alpha value is -1.06. The number of hydrogen-bond acceptors (Lipinski definition) is 3. The van der Waals surface area contributed by atoms with Gasteiger partial charge in [0.25, 0.3) is 0 Å². The minimum atomic E-state index is 0.114. The first-order valence-corrected chi connectivity index (χ1v) is 7.57. The van der Waals surface area contributed by atoms with Crippen LogP contribution in [0.2, 0.25) is 0 Å². The minimum absolute atomic E-state index is 0.114. The number of hydrogen-bond donors (Lipinski definition) is 1. The van der Waals surface area contributed by atoms with E-state index in [1.165, 1.54) is 11.1 Å². The highest BCUT2D eigenvalue weighted by atomic mass is 16.5. The Morgan fingerprint density at radius 1 is 1.35 bits per heavy atom. The van der Waals surface area contributed by atoms with Crippen LogP contribution in [-0.2, 0) is 10.2 Å². The second-order valence-corrected chi connectivity index (χ2v) is 6.83. The lowest BCUT2D eigenvalue weighted by Gasteiger charge is -2.24. The molecular weight excluding hydrogens is 250 g/mol. The van der Waals surface area contributed by atoms with Crippen LogP contribution < -0.4 is 10.1 Å². The molecule has 3 nitrogen and oxygen atoms in total. The van der Waals surface area contributed by atoms with Crippen molar-refractivity contribution in [1.82, 2.24) is 5.32 Å². The van der Waals surface area contributed by atoms with Crippen LogP contribution in [0.25, 0.3) is 0 Å². The second-order valence-electron chi connectivity index (χ2n) is 6.83. The highest BCUT2D eigenvalue weighted by molar-refractivity contribution is 5.46. The third-order valence-corrected chi connectivity index (χ3v) is 4.69. The fraction of sp³-hybridized carbons (Fsp3) is 0.647. The molecule has 3 rings (SSSR count). The van der Waals surface area contributed by atoms with E-state index in [4.69, 9.17) is 9.47 Å². The Bertz CT molecular complexity index is 498. The molecule has 1 saturated heterocycles. The lowest BCUT2D eigenvalue weighted by molar-refractivity contribution is 0.117. The molecule has 2 aliphatic rings. The molecule has 3 heteroatoms. The summed E-state index contributed by atoms with van der Waals surface area (Å²) >= 11 is 0. The van der Waals surface area contributed by atoms with Gasteiger partial charge in [0, 0.05) is 22.9 Å². The Balaban J connectivity index is 1.90. The molecule has 0 amide bonds. The van der Waals surface area contributed by atoms with E-state index in [1.807, 2.05) is 7.05 Å². The minimum Gasteiger partial charge on any atom is -0.492 e. The Kier molecular flexibility index (Phi) is 3.51. The van der Waals surface area contributed by atoms with Crippen LogP contribution in [0.15, 0.2) is 18.2 Å². The third-order valence-electron chi connectivity index (χ3n) is 4.69. The molecule has 2 aliphatic heterocycles. The summed E-state index contributed by atoms with van der Waals surface area (Å²) in [6.45, 7) is 8.28. The van der Waals surface area contributed by atoms with Gasteiger partial charge in [0.05, 0.1) is 19.3 Å². The lowest BCUT2D eigenvalue weighted by atomic mass is 9.83. The topological polar surface area (TPSA) is 30.5 Å². The highest BCUT2D eigenvalue weighted by Gasteiger charge is 2.34. The van der Waals surface area contributed by atoms with E-state index in [2.05, 4.69) is 44.3 Å². The van der Waals surface area contributed by atoms with Crippen LogP contribution in [0.4, 0.5) is 0 Å². The van der Waals surface area contributed by atoms with E-state index in [0.717, 1.165) is 25.4 Å². The molecule has 0 saturated carbocycles. The summed E-state index contributed by atoms with van der Waals surface area (Å²) in [7, 11) is 2.04. The zero-order valence-corrected chi connectivity index (χ0v) is 12.9. The van der Waals surface area contributed by atoms with Crippen molar-refractivity contribution in [2.75, 3.05) is 20.3 Å². The van der Waals surface area contributed by atoms with Crippen LogP contribution in [0.1, 0.15) is 44.4 Å². The van der Waals surface area contributed by atoms with Crippen molar-refractivity contribution < 1.29 is 9.47 Å². The van der Waals surface area contributed by atoms with Gasteiger partial charge in [-0.25, -0.2) is 0 Å². The van der Waals surface area contributed by atoms with Crippen molar-refractivity contribution in [2.24, 2.45) is 5.92 Å². The Labute approximate surface area is 121 Å². The first-order chi connectivity index (χ1) is 9.51. The van der Waals surface area contributed by atoms with E-state index < -0.39 is 0 Å². The van der Waals surface area contributed by atoms with E-state index in [-0.39, 0.29) is 5.41 Å². The number of fused-ring (bicyclic) bond motifs is 1. The number of ether oxygens (including phenoxy) is 2. The summed E-state index contributed by atoms with van der Waals surface area (Å²) in [5, 5.41) is 3.48. The first kappa shape index (κ1) is 13.9. The molecule has 0 spiro atoms. The molecule has 2 heterocycles. The summed E-state index contributed by atoms with van der Waals surface area (Å²) < 4.78 is 11.5. The molecule has 110 valence electrons. The van der Waals surface area contributed by atoms with Crippen LogP contribution in [0.3, 0.4) is 0 Å². The van der Waals surface area contributed by atoms with Crippen molar-refractivity contribution in [1.29, 1.82) is 0 Å². The molecule has 1 N–H and O–H groups in total. The van der Waals surface area contributed by atoms with Crippen LogP contribution in [0, 0.1) is 5.92 Å². The summed E-state index contributed by atoms with van der Waals surface area (Å²) in [5.74, 6) is 1.60. The fourth-order valence-electron chi connectivity index (χ4n) is 3.49.